The first-order valence-electron chi connectivity index (χ1n) is 6.92. The Hall–Kier alpha value is -2.22. The average molecular weight is 337 g/mol. The minimum Gasteiger partial charge on any atom is -0.550 e. The number of ether oxygens (including phenoxy) is 1. The summed E-state index contributed by atoms with van der Waals surface area (Å²) in [6.45, 7) is 1.65. The second-order valence-corrected chi connectivity index (χ2v) is 6.23. The SMILES string of the molecule is C[C@]1(C(=O)[O-])CSC(c2ccc(OCCCC(=O)[O-])cc2O)=N1. The number of carboxylic acids is 2. The first-order chi connectivity index (χ1) is 10.8. The van der Waals surface area contributed by atoms with Crippen molar-refractivity contribution in [3.8, 4) is 11.5 Å². The molecule has 0 aromatic heterocycles. The maximum absolute atomic E-state index is 11.1. The molecule has 23 heavy (non-hydrogen) atoms. The number of carboxylic acid groups (broad SMARTS) is 2. The van der Waals surface area contributed by atoms with Crippen LogP contribution in [-0.2, 0) is 9.59 Å². The Morgan fingerprint density at radius 3 is 2.74 bits per heavy atom. The molecule has 1 aliphatic rings. The van der Waals surface area contributed by atoms with Crippen molar-refractivity contribution < 1.29 is 29.6 Å². The van der Waals surface area contributed by atoms with Gasteiger partial charge in [-0.1, -0.05) is 0 Å². The zero-order valence-corrected chi connectivity index (χ0v) is 13.2. The van der Waals surface area contributed by atoms with E-state index in [1.807, 2.05) is 0 Å². The molecule has 1 aliphatic heterocycles. The summed E-state index contributed by atoms with van der Waals surface area (Å²) in [6, 6.07) is 4.56. The normalized spacial score (nSPS) is 20.1. The van der Waals surface area contributed by atoms with Crippen LogP contribution in [0, 0.1) is 0 Å². The molecule has 1 aromatic rings. The Morgan fingerprint density at radius 1 is 1.43 bits per heavy atom. The molecule has 0 amide bonds. The predicted molar refractivity (Wildman–Crippen MR) is 80.2 cm³/mol. The van der Waals surface area contributed by atoms with Crippen molar-refractivity contribution in [2.24, 2.45) is 4.99 Å². The zero-order chi connectivity index (χ0) is 17.0. The largest absolute Gasteiger partial charge is 0.550 e. The van der Waals surface area contributed by atoms with E-state index in [1.165, 1.54) is 24.8 Å². The molecule has 0 aliphatic carbocycles. The van der Waals surface area contributed by atoms with Gasteiger partial charge >= 0.3 is 0 Å². The van der Waals surface area contributed by atoms with Gasteiger partial charge in [-0.25, -0.2) is 0 Å². The van der Waals surface area contributed by atoms with E-state index in [-0.39, 0.29) is 24.5 Å². The van der Waals surface area contributed by atoms with E-state index in [9.17, 15) is 24.9 Å². The van der Waals surface area contributed by atoms with Crippen LogP contribution >= 0.6 is 11.8 Å². The number of aliphatic carboxylic acids is 2. The van der Waals surface area contributed by atoms with E-state index in [1.54, 1.807) is 12.1 Å². The van der Waals surface area contributed by atoms with Gasteiger partial charge in [0, 0.05) is 23.4 Å². The molecule has 1 heterocycles. The van der Waals surface area contributed by atoms with Crippen LogP contribution in [0.1, 0.15) is 25.3 Å². The number of phenolic OH excluding ortho intramolecular Hbond substituents is 1. The summed E-state index contributed by atoms with van der Waals surface area (Å²) in [5, 5.41) is 31.9. The molecule has 0 bridgehead atoms. The van der Waals surface area contributed by atoms with Crippen LogP contribution in [0.3, 0.4) is 0 Å². The van der Waals surface area contributed by atoms with Crippen LogP contribution in [0.15, 0.2) is 23.2 Å². The minimum absolute atomic E-state index is 0.0868. The number of rotatable bonds is 7. The van der Waals surface area contributed by atoms with Crippen LogP contribution in [0.4, 0.5) is 0 Å². The van der Waals surface area contributed by atoms with Gasteiger partial charge in [0.15, 0.2) is 0 Å². The lowest BCUT2D eigenvalue weighted by Gasteiger charge is -2.19. The fourth-order valence-corrected chi connectivity index (χ4v) is 3.12. The molecule has 124 valence electrons. The Kier molecular flexibility index (Phi) is 5.15. The van der Waals surface area contributed by atoms with Crippen molar-refractivity contribution in [1.82, 2.24) is 0 Å². The van der Waals surface area contributed by atoms with Crippen molar-refractivity contribution in [3.63, 3.8) is 0 Å². The summed E-state index contributed by atoms with van der Waals surface area (Å²) in [4.78, 5) is 25.5. The first kappa shape index (κ1) is 17.1. The summed E-state index contributed by atoms with van der Waals surface area (Å²) in [6.07, 6.45) is 0.205. The van der Waals surface area contributed by atoms with Crippen molar-refractivity contribution in [3.05, 3.63) is 23.8 Å². The van der Waals surface area contributed by atoms with E-state index >= 15 is 0 Å². The standard InChI is InChI=1S/C15H17NO6S/c1-15(14(20)21)8-23-13(16-15)10-5-4-9(7-11(10)17)22-6-2-3-12(18)19/h4-5,7,17H,2-3,6,8H2,1H3,(H,18,19)(H,20,21)/p-2/t15-/m1/s1. The number of aromatic hydroxyl groups is 1. The van der Waals surface area contributed by atoms with Crippen LogP contribution in [-0.4, -0.2) is 40.0 Å². The molecule has 2 rings (SSSR count). The van der Waals surface area contributed by atoms with Crippen molar-refractivity contribution in [2.75, 3.05) is 12.4 Å². The van der Waals surface area contributed by atoms with E-state index in [0.29, 0.717) is 22.8 Å². The lowest BCUT2D eigenvalue weighted by atomic mass is 10.1. The second kappa shape index (κ2) is 6.91. The lowest BCUT2D eigenvalue weighted by Crippen LogP contribution is -2.45. The number of hydrogen-bond donors (Lipinski definition) is 1. The van der Waals surface area contributed by atoms with Gasteiger partial charge < -0.3 is 29.6 Å². The third-order valence-electron chi connectivity index (χ3n) is 3.27. The third kappa shape index (κ3) is 4.16. The Balaban J connectivity index is 2.06. The Bertz CT molecular complexity index is 659. The highest BCUT2D eigenvalue weighted by atomic mass is 32.2. The fraction of sp³-hybridized carbons (Fsp3) is 0.400. The van der Waals surface area contributed by atoms with Gasteiger partial charge in [0.05, 0.1) is 12.6 Å². The highest BCUT2D eigenvalue weighted by Crippen LogP contribution is 2.35. The molecule has 0 saturated heterocycles. The summed E-state index contributed by atoms with van der Waals surface area (Å²) in [7, 11) is 0. The first-order valence-corrected chi connectivity index (χ1v) is 7.90. The number of carbonyl (C=O) groups excluding carboxylic acids is 2. The highest BCUT2D eigenvalue weighted by Gasteiger charge is 2.33. The average Bonchev–Trinajstić information content (AvgIpc) is 2.87. The quantitative estimate of drug-likeness (QED) is 0.653. The lowest BCUT2D eigenvalue weighted by molar-refractivity contribution is -0.311. The Labute approximate surface area is 137 Å². The predicted octanol–water partition coefficient (Wildman–Crippen LogP) is -0.697. The van der Waals surface area contributed by atoms with E-state index in [2.05, 4.69) is 4.99 Å². The molecule has 1 atom stereocenters. The van der Waals surface area contributed by atoms with E-state index < -0.39 is 17.5 Å². The topological polar surface area (TPSA) is 122 Å². The van der Waals surface area contributed by atoms with Crippen LogP contribution in [0.2, 0.25) is 0 Å². The maximum atomic E-state index is 11.1. The fourth-order valence-electron chi connectivity index (χ4n) is 1.93. The number of phenols is 1. The summed E-state index contributed by atoms with van der Waals surface area (Å²) in [5.41, 5.74) is -0.881. The van der Waals surface area contributed by atoms with E-state index in [4.69, 9.17) is 4.74 Å². The maximum Gasteiger partial charge on any atom is 0.129 e. The van der Waals surface area contributed by atoms with Crippen LogP contribution < -0.4 is 14.9 Å². The smallest absolute Gasteiger partial charge is 0.129 e. The molecule has 8 heteroatoms. The van der Waals surface area contributed by atoms with Crippen molar-refractivity contribution in [1.29, 1.82) is 0 Å². The van der Waals surface area contributed by atoms with Gasteiger partial charge in [0.25, 0.3) is 0 Å². The molecule has 7 nitrogen and oxygen atoms in total. The van der Waals surface area contributed by atoms with Crippen molar-refractivity contribution >= 4 is 28.7 Å². The highest BCUT2D eigenvalue weighted by molar-refractivity contribution is 8.14. The molecule has 0 fully saturated rings. The van der Waals surface area contributed by atoms with Gasteiger partial charge in [-0.15, -0.1) is 11.8 Å². The van der Waals surface area contributed by atoms with Crippen LogP contribution in [0.25, 0.3) is 0 Å². The molecular formula is C15H15NO6S-2. The number of benzene rings is 1. The van der Waals surface area contributed by atoms with Gasteiger partial charge in [0.1, 0.15) is 22.1 Å². The van der Waals surface area contributed by atoms with Gasteiger partial charge in [-0.3, -0.25) is 4.99 Å². The molecule has 1 aromatic carbocycles. The van der Waals surface area contributed by atoms with E-state index in [0.717, 1.165) is 0 Å². The third-order valence-corrected chi connectivity index (χ3v) is 4.56. The molecular weight excluding hydrogens is 322 g/mol. The van der Waals surface area contributed by atoms with Gasteiger partial charge in [0.2, 0.25) is 0 Å². The van der Waals surface area contributed by atoms with Gasteiger partial charge in [-0.05, 0) is 31.9 Å². The second-order valence-electron chi connectivity index (χ2n) is 5.27. The molecule has 1 N–H and O–H groups in total. The number of thioether (sulfide) groups is 1. The summed E-state index contributed by atoms with van der Waals surface area (Å²) < 4.78 is 5.33. The zero-order valence-electron chi connectivity index (χ0n) is 12.4. The monoisotopic (exact) mass is 337 g/mol. The summed E-state index contributed by atoms with van der Waals surface area (Å²) in [5.74, 6) is -1.86. The number of hydrogen-bond acceptors (Lipinski definition) is 8. The molecule has 0 radical (unpaired) electrons. The van der Waals surface area contributed by atoms with Crippen LogP contribution in [0.5, 0.6) is 11.5 Å². The Morgan fingerprint density at radius 2 is 2.17 bits per heavy atom. The number of nitrogens with zero attached hydrogens (tertiary/aromatic N) is 1. The molecule has 0 spiro atoms. The number of carbonyl (C=O) groups is 2. The van der Waals surface area contributed by atoms with Gasteiger partial charge in [-0.2, -0.15) is 0 Å². The molecule has 0 saturated carbocycles. The number of aliphatic imine (C=N–C) groups is 1. The molecule has 0 unspecified atom stereocenters. The minimum atomic E-state index is -1.30. The van der Waals surface area contributed by atoms with Crippen molar-refractivity contribution in [2.45, 2.75) is 25.3 Å². The summed E-state index contributed by atoms with van der Waals surface area (Å²) >= 11 is 1.23.